The number of unbranched alkanes of at least 4 members (excludes halogenated alkanes) is 1. The molecule has 0 fully saturated rings. The molecule has 0 aliphatic heterocycles. The van der Waals surface area contributed by atoms with E-state index in [2.05, 4.69) is 30.9 Å². The van der Waals surface area contributed by atoms with Crippen LogP contribution in [-0.4, -0.2) is 55.9 Å². The van der Waals surface area contributed by atoms with E-state index in [-0.39, 0.29) is 5.75 Å². The molecule has 164 valence electrons. The number of likely N-dealkylation sites (N-methyl/N-ethyl adjacent to an activating group) is 1. The summed E-state index contributed by atoms with van der Waals surface area (Å²) in [6.07, 6.45) is 2.72. The van der Waals surface area contributed by atoms with Crippen LogP contribution in [0.4, 0.5) is 0 Å². The third-order valence-electron chi connectivity index (χ3n) is 5.21. The molecule has 2 aromatic carbocycles. The molecule has 30 heavy (non-hydrogen) atoms. The van der Waals surface area contributed by atoms with Crippen LogP contribution < -0.4 is 9.47 Å². The first kappa shape index (κ1) is 23.5. The largest absolute Gasteiger partial charge is 0.504 e. The second kappa shape index (κ2) is 12.1. The predicted molar refractivity (Wildman–Crippen MR) is 118 cm³/mol. The van der Waals surface area contributed by atoms with Crippen molar-refractivity contribution in [3.63, 3.8) is 0 Å². The molecule has 0 heterocycles. The van der Waals surface area contributed by atoms with Crippen LogP contribution in [0.15, 0.2) is 42.5 Å². The zero-order valence-electron chi connectivity index (χ0n) is 18.4. The molecule has 0 aromatic heterocycles. The summed E-state index contributed by atoms with van der Waals surface area (Å²) in [5, 5.41) is 9.78. The van der Waals surface area contributed by atoms with Crippen molar-refractivity contribution in [3.05, 3.63) is 53.6 Å². The Labute approximate surface area is 179 Å². The summed E-state index contributed by atoms with van der Waals surface area (Å²) in [4.78, 5) is 14.6. The van der Waals surface area contributed by atoms with E-state index < -0.39 is 5.97 Å². The zero-order chi connectivity index (χ0) is 21.9. The SMILES string of the molecule is CCN(CCCCOC(=O)c1ccc(OC)c(O)c1)C(C)Cc1ccc(OC)cc1. The molecule has 6 nitrogen and oxygen atoms in total. The minimum atomic E-state index is -0.437. The predicted octanol–water partition coefficient (Wildman–Crippen LogP) is 4.30. The molecule has 0 spiro atoms. The van der Waals surface area contributed by atoms with Gasteiger partial charge in [0.05, 0.1) is 26.4 Å². The van der Waals surface area contributed by atoms with Crippen LogP contribution in [0.3, 0.4) is 0 Å². The van der Waals surface area contributed by atoms with Gasteiger partial charge < -0.3 is 24.2 Å². The molecule has 1 atom stereocenters. The average Bonchev–Trinajstić information content (AvgIpc) is 2.76. The highest BCUT2D eigenvalue weighted by Gasteiger charge is 2.14. The third kappa shape index (κ3) is 6.95. The lowest BCUT2D eigenvalue weighted by Crippen LogP contribution is -2.35. The van der Waals surface area contributed by atoms with Crippen LogP contribution in [0.25, 0.3) is 0 Å². The van der Waals surface area contributed by atoms with E-state index in [0.29, 0.717) is 24.0 Å². The Balaban J connectivity index is 1.72. The standard InChI is InChI=1S/C24H33NO5/c1-5-25(18(2)16-19-8-11-21(28-3)12-9-19)14-6-7-15-30-24(27)20-10-13-23(29-4)22(26)17-20/h8-13,17-18,26H,5-7,14-16H2,1-4H3. The molecule has 0 saturated carbocycles. The van der Waals surface area contributed by atoms with E-state index in [0.717, 1.165) is 38.1 Å². The van der Waals surface area contributed by atoms with Crippen molar-refractivity contribution in [2.75, 3.05) is 33.9 Å². The Bertz CT molecular complexity index is 791. The van der Waals surface area contributed by atoms with Gasteiger partial charge in [-0.1, -0.05) is 19.1 Å². The number of hydrogen-bond donors (Lipinski definition) is 1. The van der Waals surface area contributed by atoms with Crippen LogP contribution in [0.1, 0.15) is 42.6 Å². The molecule has 2 rings (SSSR count). The second-order valence-electron chi connectivity index (χ2n) is 7.26. The van der Waals surface area contributed by atoms with Crippen molar-refractivity contribution in [3.8, 4) is 17.2 Å². The minimum Gasteiger partial charge on any atom is -0.504 e. The molecule has 0 radical (unpaired) electrons. The normalized spacial score (nSPS) is 11.9. The van der Waals surface area contributed by atoms with E-state index in [4.69, 9.17) is 14.2 Å². The molecule has 0 aliphatic carbocycles. The molecule has 0 saturated heterocycles. The monoisotopic (exact) mass is 415 g/mol. The number of esters is 1. The van der Waals surface area contributed by atoms with Crippen molar-refractivity contribution in [1.29, 1.82) is 0 Å². The first-order valence-electron chi connectivity index (χ1n) is 10.4. The van der Waals surface area contributed by atoms with E-state index in [1.807, 2.05) is 12.1 Å². The molecule has 1 N–H and O–H groups in total. The molecule has 2 aromatic rings. The maximum Gasteiger partial charge on any atom is 0.338 e. The highest BCUT2D eigenvalue weighted by Crippen LogP contribution is 2.26. The number of benzene rings is 2. The summed E-state index contributed by atoms with van der Waals surface area (Å²) in [7, 11) is 3.14. The van der Waals surface area contributed by atoms with Crippen molar-refractivity contribution < 1.29 is 24.1 Å². The van der Waals surface area contributed by atoms with Crippen LogP contribution in [0.5, 0.6) is 17.2 Å². The van der Waals surface area contributed by atoms with E-state index in [1.54, 1.807) is 19.2 Å². The van der Waals surface area contributed by atoms with Crippen molar-refractivity contribution >= 4 is 5.97 Å². The topological polar surface area (TPSA) is 68.2 Å². The van der Waals surface area contributed by atoms with E-state index in [9.17, 15) is 9.90 Å². The smallest absolute Gasteiger partial charge is 0.338 e. The number of methoxy groups -OCH3 is 2. The number of phenolic OH excluding ortho intramolecular Hbond substituents is 1. The number of carbonyl (C=O) groups excluding carboxylic acids is 1. The Morgan fingerprint density at radius 2 is 1.80 bits per heavy atom. The third-order valence-corrected chi connectivity index (χ3v) is 5.21. The molecule has 1 unspecified atom stereocenters. The molecule has 0 bridgehead atoms. The minimum absolute atomic E-state index is 0.0728. The Kier molecular flexibility index (Phi) is 9.48. The van der Waals surface area contributed by atoms with Crippen LogP contribution in [0.2, 0.25) is 0 Å². The first-order chi connectivity index (χ1) is 14.5. The van der Waals surface area contributed by atoms with Gasteiger partial charge in [0.25, 0.3) is 0 Å². The summed E-state index contributed by atoms with van der Waals surface area (Å²) in [5.41, 5.74) is 1.61. The van der Waals surface area contributed by atoms with Gasteiger partial charge in [-0.2, -0.15) is 0 Å². The van der Waals surface area contributed by atoms with Gasteiger partial charge in [-0.15, -0.1) is 0 Å². The number of aromatic hydroxyl groups is 1. The van der Waals surface area contributed by atoms with Gasteiger partial charge in [-0.3, -0.25) is 0 Å². The summed E-state index contributed by atoms with van der Waals surface area (Å²) >= 11 is 0. The average molecular weight is 416 g/mol. The lowest BCUT2D eigenvalue weighted by molar-refractivity contribution is 0.0493. The molecule has 0 amide bonds. The van der Waals surface area contributed by atoms with E-state index in [1.165, 1.54) is 18.7 Å². The zero-order valence-corrected chi connectivity index (χ0v) is 18.4. The van der Waals surface area contributed by atoms with Gasteiger partial charge in [-0.25, -0.2) is 4.79 Å². The van der Waals surface area contributed by atoms with Gasteiger partial charge in [0, 0.05) is 6.04 Å². The van der Waals surface area contributed by atoms with Gasteiger partial charge in [-0.05, 0) is 75.2 Å². The van der Waals surface area contributed by atoms with Crippen molar-refractivity contribution in [2.45, 2.75) is 39.2 Å². The highest BCUT2D eigenvalue weighted by atomic mass is 16.5. The van der Waals surface area contributed by atoms with Gasteiger partial charge in [0.2, 0.25) is 0 Å². The molecular weight excluding hydrogens is 382 g/mol. The van der Waals surface area contributed by atoms with Gasteiger partial charge >= 0.3 is 5.97 Å². The summed E-state index contributed by atoms with van der Waals surface area (Å²) in [6, 6.07) is 13.1. The number of phenols is 1. The fourth-order valence-electron chi connectivity index (χ4n) is 3.40. The number of rotatable bonds is 12. The van der Waals surface area contributed by atoms with Crippen molar-refractivity contribution in [2.24, 2.45) is 0 Å². The van der Waals surface area contributed by atoms with Crippen LogP contribution >= 0.6 is 0 Å². The quantitative estimate of drug-likeness (QED) is 0.412. The van der Waals surface area contributed by atoms with E-state index >= 15 is 0 Å². The fraction of sp³-hybridized carbons (Fsp3) is 0.458. The maximum absolute atomic E-state index is 12.1. The van der Waals surface area contributed by atoms with Crippen molar-refractivity contribution in [1.82, 2.24) is 4.90 Å². The highest BCUT2D eigenvalue weighted by molar-refractivity contribution is 5.90. The first-order valence-corrected chi connectivity index (χ1v) is 10.4. The Hall–Kier alpha value is -2.73. The molecule has 6 heteroatoms. The lowest BCUT2D eigenvalue weighted by Gasteiger charge is -2.28. The molecule has 0 aliphatic rings. The van der Waals surface area contributed by atoms with Gasteiger partial charge in [0.1, 0.15) is 5.75 Å². The Morgan fingerprint density at radius 3 is 2.40 bits per heavy atom. The number of hydrogen-bond acceptors (Lipinski definition) is 6. The second-order valence-corrected chi connectivity index (χ2v) is 7.26. The maximum atomic E-state index is 12.1. The number of ether oxygens (including phenoxy) is 3. The molecular formula is C24H33NO5. The number of carbonyl (C=O) groups is 1. The number of nitrogens with zero attached hydrogens (tertiary/aromatic N) is 1. The summed E-state index contributed by atoms with van der Waals surface area (Å²) in [5.74, 6) is 0.692. The van der Waals surface area contributed by atoms with Gasteiger partial charge in [0.15, 0.2) is 11.5 Å². The van der Waals surface area contributed by atoms with Crippen LogP contribution in [-0.2, 0) is 11.2 Å². The summed E-state index contributed by atoms with van der Waals surface area (Å²) in [6.45, 7) is 6.69. The van der Waals surface area contributed by atoms with Crippen LogP contribution in [0, 0.1) is 0 Å². The Morgan fingerprint density at radius 1 is 1.07 bits per heavy atom. The lowest BCUT2D eigenvalue weighted by atomic mass is 10.1. The fourth-order valence-corrected chi connectivity index (χ4v) is 3.40. The summed E-state index contributed by atoms with van der Waals surface area (Å²) < 4.78 is 15.5.